The van der Waals surface area contributed by atoms with Gasteiger partial charge < -0.3 is 24.2 Å². The molecule has 4 rings (SSSR count). The summed E-state index contributed by atoms with van der Waals surface area (Å²) < 4.78 is 5.69. The zero-order chi connectivity index (χ0) is 18.8. The highest BCUT2D eigenvalue weighted by Gasteiger charge is 2.35. The Labute approximate surface area is 160 Å². The monoisotopic (exact) mass is 374 g/mol. The van der Waals surface area contributed by atoms with E-state index >= 15 is 0 Å². The number of hydrogen-bond acceptors (Lipinski definition) is 8. The number of aliphatic hydroxyl groups is 1. The zero-order valence-corrected chi connectivity index (χ0v) is 16.3. The van der Waals surface area contributed by atoms with Crippen molar-refractivity contribution in [2.75, 3.05) is 64.4 Å². The largest absolute Gasteiger partial charge is 0.422 e. The smallest absolute Gasteiger partial charge is 0.252 e. The molecule has 0 unspecified atom stereocenters. The van der Waals surface area contributed by atoms with Crippen molar-refractivity contribution in [3.63, 3.8) is 0 Å². The Morgan fingerprint density at radius 3 is 2.81 bits per heavy atom. The minimum absolute atomic E-state index is 0.210. The summed E-state index contributed by atoms with van der Waals surface area (Å²) >= 11 is 0. The van der Waals surface area contributed by atoms with Gasteiger partial charge in [-0.05, 0) is 32.5 Å². The van der Waals surface area contributed by atoms with Crippen molar-refractivity contribution in [3.05, 3.63) is 12.2 Å². The second kappa shape index (κ2) is 8.08. The highest BCUT2D eigenvalue weighted by atomic mass is 16.4. The van der Waals surface area contributed by atoms with E-state index in [9.17, 15) is 5.11 Å². The standard InChI is InChI=1S/C19H30N6O2/c1-3-16-22-17-18(20-13-21-19(17)27-16)25-10-14(15(11-25)12-26)9-24-6-4-5-23(2)7-8-24/h13-15,26H,3-12H2,1-2H3/t14-,15-/m1/s1. The van der Waals surface area contributed by atoms with Crippen molar-refractivity contribution >= 4 is 17.0 Å². The van der Waals surface area contributed by atoms with Gasteiger partial charge in [0.05, 0.1) is 0 Å². The molecule has 0 radical (unpaired) electrons. The van der Waals surface area contributed by atoms with Gasteiger partial charge in [0.25, 0.3) is 5.71 Å². The third-order valence-electron chi connectivity index (χ3n) is 5.94. The van der Waals surface area contributed by atoms with Gasteiger partial charge in [-0.3, -0.25) is 0 Å². The third-order valence-corrected chi connectivity index (χ3v) is 5.94. The van der Waals surface area contributed by atoms with Crippen LogP contribution in [0.15, 0.2) is 10.7 Å². The maximum atomic E-state index is 9.96. The topological polar surface area (TPSA) is 81.8 Å². The van der Waals surface area contributed by atoms with Gasteiger partial charge in [-0.1, -0.05) is 6.92 Å². The van der Waals surface area contributed by atoms with E-state index < -0.39 is 0 Å². The maximum absolute atomic E-state index is 9.96. The molecule has 8 nitrogen and oxygen atoms in total. The van der Waals surface area contributed by atoms with E-state index in [1.807, 2.05) is 6.92 Å². The van der Waals surface area contributed by atoms with Crippen LogP contribution in [0.3, 0.4) is 0 Å². The lowest BCUT2D eigenvalue weighted by Crippen LogP contribution is -2.36. The summed E-state index contributed by atoms with van der Waals surface area (Å²) in [4.78, 5) is 20.5. The van der Waals surface area contributed by atoms with E-state index in [1.54, 1.807) is 6.33 Å². The molecule has 2 fully saturated rings. The zero-order valence-electron chi connectivity index (χ0n) is 16.3. The molecule has 27 heavy (non-hydrogen) atoms. The Morgan fingerprint density at radius 1 is 1.15 bits per heavy atom. The molecular formula is C19H30N6O2. The van der Waals surface area contributed by atoms with Gasteiger partial charge in [0.2, 0.25) is 0 Å². The van der Waals surface area contributed by atoms with E-state index in [1.165, 1.54) is 13.0 Å². The quantitative estimate of drug-likeness (QED) is 0.825. The second-order valence-electron chi connectivity index (χ2n) is 7.88. The Bertz CT molecular complexity index is 766. The van der Waals surface area contributed by atoms with Crippen molar-refractivity contribution in [2.24, 2.45) is 11.8 Å². The van der Waals surface area contributed by atoms with E-state index in [4.69, 9.17) is 4.42 Å². The van der Waals surface area contributed by atoms with Crippen molar-refractivity contribution < 1.29 is 9.52 Å². The van der Waals surface area contributed by atoms with Crippen LogP contribution in [0.4, 0.5) is 5.82 Å². The summed E-state index contributed by atoms with van der Waals surface area (Å²) in [5, 5.41) is 9.96. The molecule has 2 aliphatic rings. The van der Waals surface area contributed by atoms with Crippen LogP contribution in [0.25, 0.3) is 11.2 Å². The van der Waals surface area contributed by atoms with Crippen LogP contribution in [-0.4, -0.2) is 89.3 Å². The molecule has 0 aliphatic carbocycles. The molecule has 0 amide bonds. The van der Waals surface area contributed by atoms with Crippen LogP contribution in [0, 0.1) is 11.8 Å². The maximum Gasteiger partial charge on any atom is 0.252 e. The lowest BCUT2D eigenvalue weighted by Gasteiger charge is -2.26. The van der Waals surface area contributed by atoms with Crippen LogP contribution in [-0.2, 0) is 6.42 Å². The predicted octanol–water partition coefficient (Wildman–Crippen LogP) is 0.862. The molecule has 8 heteroatoms. The first-order valence-corrected chi connectivity index (χ1v) is 10.0. The number of fused-ring (bicyclic) bond motifs is 1. The second-order valence-corrected chi connectivity index (χ2v) is 7.88. The Morgan fingerprint density at radius 2 is 2.00 bits per heavy atom. The van der Waals surface area contributed by atoms with Gasteiger partial charge in [0.15, 0.2) is 17.2 Å². The third kappa shape index (κ3) is 3.93. The first kappa shape index (κ1) is 18.6. The fraction of sp³-hybridized carbons (Fsp3) is 0.737. The molecule has 1 N–H and O–H groups in total. The number of oxazole rings is 1. The average Bonchev–Trinajstić information content (AvgIpc) is 3.23. The molecule has 0 bridgehead atoms. The fourth-order valence-corrected chi connectivity index (χ4v) is 4.31. The van der Waals surface area contributed by atoms with E-state index in [0.717, 1.165) is 57.0 Å². The van der Waals surface area contributed by atoms with Gasteiger partial charge in [0, 0.05) is 51.7 Å². The molecule has 0 spiro atoms. The molecule has 2 aromatic rings. The van der Waals surface area contributed by atoms with Gasteiger partial charge in [0.1, 0.15) is 6.33 Å². The van der Waals surface area contributed by atoms with Crippen molar-refractivity contribution in [1.29, 1.82) is 0 Å². The number of rotatable bonds is 5. The molecule has 2 aliphatic heterocycles. The van der Waals surface area contributed by atoms with Gasteiger partial charge in [-0.2, -0.15) is 4.98 Å². The Balaban J connectivity index is 1.50. The molecule has 2 atom stereocenters. The normalized spacial score (nSPS) is 25.4. The van der Waals surface area contributed by atoms with Gasteiger partial charge in [-0.15, -0.1) is 0 Å². The van der Waals surface area contributed by atoms with E-state index in [0.29, 0.717) is 17.5 Å². The highest BCUT2D eigenvalue weighted by Crippen LogP contribution is 2.31. The number of nitrogens with zero attached hydrogens (tertiary/aromatic N) is 6. The predicted molar refractivity (Wildman–Crippen MR) is 104 cm³/mol. The van der Waals surface area contributed by atoms with Gasteiger partial charge >= 0.3 is 0 Å². The van der Waals surface area contributed by atoms with E-state index in [2.05, 4.69) is 36.7 Å². The summed E-state index contributed by atoms with van der Waals surface area (Å²) in [6.45, 7) is 9.47. The Kier molecular flexibility index (Phi) is 5.56. The van der Waals surface area contributed by atoms with Crippen LogP contribution in [0.1, 0.15) is 19.2 Å². The molecule has 148 valence electrons. The molecule has 0 aromatic carbocycles. The lowest BCUT2D eigenvalue weighted by molar-refractivity contribution is 0.165. The first-order valence-electron chi connectivity index (χ1n) is 10.0. The first-order chi connectivity index (χ1) is 13.2. The van der Waals surface area contributed by atoms with Crippen molar-refractivity contribution in [2.45, 2.75) is 19.8 Å². The van der Waals surface area contributed by atoms with E-state index in [-0.39, 0.29) is 12.5 Å². The summed E-state index contributed by atoms with van der Waals surface area (Å²) in [7, 11) is 2.19. The van der Waals surface area contributed by atoms with Crippen LogP contribution < -0.4 is 4.90 Å². The molecule has 0 saturated carbocycles. The minimum atomic E-state index is 0.210. The van der Waals surface area contributed by atoms with Crippen LogP contribution >= 0.6 is 0 Å². The number of aromatic nitrogens is 3. The highest BCUT2D eigenvalue weighted by molar-refractivity contribution is 5.81. The summed E-state index contributed by atoms with van der Waals surface area (Å²) in [6.07, 6.45) is 3.50. The fourth-order valence-electron chi connectivity index (χ4n) is 4.31. The van der Waals surface area contributed by atoms with Crippen molar-refractivity contribution in [1.82, 2.24) is 24.8 Å². The number of anilines is 1. The number of aliphatic hydroxyl groups excluding tert-OH is 1. The average molecular weight is 374 g/mol. The SMILES string of the molecule is CCc1nc2c(N3C[C@@H](CN4CCCN(C)CC4)[C@@H](CO)C3)ncnc2o1. The molecular weight excluding hydrogens is 344 g/mol. The number of hydrogen-bond donors (Lipinski definition) is 1. The minimum Gasteiger partial charge on any atom is -0.422 e. The van der Waals surface area contributed by atoms with Crippen LogP contribution in [0.5, 0.6) is 0 Å². The lowest BCUT2D eigenvalue weighted by atomic mass is 9.96. The Hall–Kier alpha value is -1.77. The van der Waals surface area contributed by atoms with Crippen LogP contribution in [0.2, 0.25) is 0 Å². The summed E-state index contributed by atoms with van der Waals surface area (Å²) in [5.41, 5.74) is 1.29. The number of aryl methyl sites for hydroxylation is 1. The molecule has 2 aromatic heterocycles. The number of likely N-dealkylation sites (N-methyl/N-ethyl adjacent to an activating group) is 1. The molecule has 2 saturated heterocycles. The van der Waals surface area contributed by atoms with Gasteiger partial charge in [-0.25, -0.2) is 9.97 Å². The molecule has 4 heterocycles. The summed E-state index contributed by atoms with van der Waals surface area (Å²) in [5.74, 6) is 2.21. The van der Waals surface area contributed by atoms with Crippen molar-refractivity contribution in [3.8, 4) is 0 Å². The summed E-state index contributed by atoms with van der Waals surface area (Å²) in [6, 6.07) is 0.